The standard InChI is InChI=1S/C30H48O/c1-20(2)10-9-11-21(3)22-14-18-29(7)23(22)12-13-25-28(6)17-16-26(31)27(4,5)24(28)15-19-30(25,29)8/h10,22-25H,3,9,11-19H2,1-2,4-8H3/t22-,23+,24?,25-,28+,29+,30-/m1/s1. The van der Waals surface area contributed by atoms with Crippen molar-refractivity contribution in [3.8, 4) is 0 Å². The Balaban J connectivity index is 1.60. The molecule has 174 valence electrons. The summed E-state index contributed by atoms with van der Waals surface area (Å²) in [6.07, 6.45) is 14.7. The topological polar surface area (TPSA) is 17.1 Å². The molecule has 4 aliphatic carbocycles. The molecule has 0 aromatic rings. The first kappa shape index (κ1) is 23.3. The molecular weight excluding hydrogens is 376 g/mol. The Morgan fingerprint density at radius 1 is 0.935 bits per heavy atom. The molecule has 7 atom stereocenters. The molecule has 4 aliphatic rings. The van der Waals surface area contributed by atoms with Gasteiger partial charge in [0.2, 0.25) is 0 Å². The Labute approximate surface area is 192 Å². The number of carbonyl (C=O) groups excluding carboxylic acids is 1. The molecule has 0 heterocycles. The molecule has 4 fully saturated rings. The molecule has 0 aliphatic heterocycles. The van der Waals surface area contributed by atoms with E-state index in [0.29, 0.717) is 27.9 Å². The lowest BCUT2D eigenvalue weighted by Gasteiger charge is -2.69. The van der Waals surface area contributed by atoms with Crippen LogP contribution in [0.3, 0.4) is 0 Å². The fourth-order valence-corrected chi connectivity index (χ4v) is 9.76. The van der Waals surface area contributed by atoms with Crippen molar-refractivity contribution in [3.63, 3.8) is 0 Å². The number of Topliss-reactive ketones (excluding diaryl/α,β-unsaturated/α-hetero) is 1. The summed E-state index contributed by atoms with van der Waals surface area (Å²) in [6, 6.07) is 0. The first-order valence-electron chi connectivity index (χ1n) is 13.2. The van der Waals surface area contributed by atoms with Gasteiger partial charge in [0.05, 0.1) is 0 Å². The van der Waals surface area contributed by atoms with Crippen LogP contribution < -0.4 is 0 Å². The molecule has 0 bridgehead atoms. The summed E-state index contributed by atoms with van der Waals surface area (Å²) < 4.78 is 0. The minimum atomic E-state index is -0.135. The van der Waals surface area contributed by atoms with Crippen molar-refractivity contribution in [2.75, 3.05) is 0 Å². The van der Waals surface area contributed by atoms with Gasteiger partial charge in [-0.1, -0.05) is 58.4 Å². The van der Waals surface area contributed by atoms with Crippen LogP contribution in [-0.2, 0) is 4.79 Å². The Morgan fingerprint density at radius 2 is 1.61 bits per heavy atom. The highest BCUT2D eigenvalue weighted by molar-refractivity contribution is 5.85. The molecule has 0 N–H and O–H groups in total. The monoisotopic (exact) mass is 424 g/mol. The first-order valence-corrected chi connectivity index (χ1v) is 13.2. The van der Waals surface area contributed by atoms with Crippen LogP contribution in [0.5, 0.6) is 0 Å². The van der Waals surface area contributed by atoms with Crippen molar-refractivity contribution >= 4 is 5.78 Å². The summed E-state index contributed by atoms with van der Waals surface area (Å²) in [5.41, 5.74) is 3.99. The van der Waals surface area contributed by atoms with Gasteiger partial charge in [-0.15, -0.1) is 0 Å². The summed E-state index contributed by atoms with van der Waals surface area (Å²) in [5.74, 6) is 3.39. The highest BCUT2D eigenvalue weighted by atomic mass is 16.1. The van der Waals surface area contributed by atoms with Gasteiger partial charge in [0, 0.05) is 11.8 Å². The van der Waals surface area contributed by atoms with Crippen molar-refractivity contribution < 1.29 is 4.79 Å². The molecule has 0 amide bonds. The first-order chi connectivity index (χ1) is 14.4. The quantitative estimate of drug-likeness (QED) is 0.413. The van der Waals surface area contributed by atoms with Crippen LogP contribution in [0.15, 0.2) is 23.8 Å². The van der Waals surface area contributed by atoms with Gasteiger partial charge >= 0.3 is 0 Å². The lowest BCUT2D eigenvalue weighted by Crippen LogP contribution is -2.63. The van der Waals surface area contributed by atoms with E-state index in [0.717, 1.165) is 37.0 Å². The molecular formula is C30H48O. The third-order valence-electron chi connectivity index (χ3n) is 11.7. The highest BCUT2D eigenvalue weighted by Gasteiger charge is 2.68. The fourth-order valence-electron chi connectivity index (χ4n) is 9.76. The van der Waals surface area contributed by atoms with Crippen molar-refractivity contribution in [2.45, 2.75) is 113 Å². The third kappa shape index (κ3) is 3.26. The zero-order valence-corrected chi connectivity index (χ0v) is 21.6. The number of hydrogen-bond donors (Lipinski definition) is 0. The van der Waals surface area contributed by atoms with Gasteiger partial charge < -0.3 is 0 Å². The Bertz CT molecular complexity index is 782. The Morgan fingerprint density at radius 3 is 2.29 bits per heavy atom. The van der Waals surface area contributed by atoms with Crippen LogP contribution in [0.4, 0.5) is 0 Å². The van der Waals surface area contributed by atoms with Crippen molar-refractivity contribution in [2.24, 2.45) is 45.3 Å². The summed E-state index contributed by atoms with van der Waals surface area (Å²) in [6.45, 7) is 21.5. The van der Waals surface area contributed by atoms with Gasteiger partial charge in [0.15, 0.2) is 0 Å². The largest absolute Gasteiger partial charge is 0.299 e. The van der Waals surface area contributed by atoms with E-state index in [-0.39, 0.29) is 5.41 Å². The van der Waals surface area contributed by atoms with Crippen molar-refractivity contribution in [1.82, 2.24) is 0 Å². The van der Waals surface area contributed by atoms with Gasteiger partial charge in [-0.3, -0.25) is 4.79 Å². The SMILES string of the molecule is C=C(CCC=C(C)C)[C@H]1CC[C@@]2(C)[C@H]1CC[C@@H]1[C@@]3(C)CCC(=O)C(C)(C)C3CC[C@]12C. The zero-order chi connectivity index (χ0) is 22.8. The smallest absolute Gasteiger partial charge is 0.138 e. The van der Waals surface area contributed by atoms with Crippen molar-refractivity contribution in [1.29, 1.82) is 0 Å². The van der Waals surface area contributed by atoms with E-state index in [4.69, 9.17) is 0 Å². The maximum absolute atomic E-state index is 12.8. The van der Waals surface area contributed by atoms with Crippen LogP contribution in [0, 0.1) is 45.3 Å². The summed E-state index contributed by atoms with van der Waals surface area (Å²) in [4.78, 5) is 12.8. The predicted molar refractivity (Wildman–Crippen MR) is 132 cm³/mol. The molecule has 0 radical (unpaired) electrons. The molecule has 4 saturated carbocycles. The number of rotatable bonds is 4. The highest BCUT2D eigenvalue weighted by Crippen LogP contribution is 2.75. The maximum atomic E-state index is 12.8. The minimum absolute atomic E-state index is 0.135. The van der Waals surface area contributed by atoms with Crippen LogP contribution in [0.2, 0.25) is 0 Å². The van der Waals surface area contributed by atoms with Gasteiger partial charge in [-0.05, 0) is 112 Å². The van der Waals surface area contributed by atoms with E-state index in [9.17, 15) is 4.79 Å². The maximum Gasteiger partial charge on any atom is 0.138 e. The Kier molecular flexibility index (Phi) is 5.71. The van der Waals surface area contributed by atoms with Gasteiger partial charge in [-0.2, -0.15) is 0 Å². The number of fused-ring (bicyclic) bond motifs is 5. The van der Waals surface area contributed by atoms with E-state index in [1.165, 1.54) is 56.1 Å². The number of hydrogen-bond acceptors (Lipinski definition) is 1. The normalized spacial score (nSPS) is 46.0. The summed E-state index contributed by atoms with van der Waals surface area (Å²) in [5, 5.41) is 0. The van der Waals surface area contributed by atoms with E-state index in [1.54, 1.807) is 0 Å². The van der Waals surface area contributed by atoms with Gasteiger partial charge in [-0.25, -0.2) is 0 Å². The molecule has 1 heteroatoms. The van der Waals surface area contributed by atoms with Crippen LogP contribution in [0.1, 0.15) is 113 Å². The number of ketones is 1. The average Bonchev–Trinajstić information content (AvgIpc) is 3.03. The average molecular weight is 425 g/mol. The summed E-state index contributed by atoms with van der Waals surface area (Å²) >= 11 is 0. The van der Waals surface area contributed by atoms with E-state index in [2.05, 4.69) is 61.1 Å². The molecule has 0 saturated heterocycles. The molecule has 1 nitrogen and oxygen atoms in total. The lowest BCUT2D eigenvalue weighted by atomic mass is 9.35. The summed E-state index contributed by atoms with van der Waals surface area (Å²) in [7, 11) is 0. The van der Waals surface area contributed by atoms with Gasteiger partial charge in [0.1, 0.15) is 5.78 Å². The second kappa shape index (κ2) is 7.59. The second-order valence-electron chi connectivity index (χ2n) is 13.4. The van der Waals surface area contributed by atoms with E-state index < -0.39 is 0 Å². The molecule has 4 rings (SSSR count). The second-order valence-corrected chi connectivity index (χ2v) is 13.4. The van der Waals surface area contributed by atoms with Gasteiger partial charge in [0.25, 0.3) is 0 Å². The fraction of sp³-hybridized carbons (Fsp3) is 0.833. The number of allylic oxidation sites excluding steroid dienone is 3. The molecule has 0 spiro atoms. The zero-order valence-electron chi connectivity index (χ0n) is 21.6. The molecule has 0 aromatic heterocycles. The van der Waals surface area contributed by atoms with E-state index >= 15 is 0 Å². The van der Waals surface area contributed by atoms with Crippen LogP contribution in [-0.4, -0.2) is 5.78 Å². The Hall–Kier alpha value is -0.850. The minimum Gasteiger partial charge on any atom is -0.299 e. The molecule has 1 unspecified atom stereocenters. The molecule has 31 heavy (non-hydrogen) atoms. The van der Waals surface area contributed by atoms with Crippen molar-refractivity contribution in [3.05, 3.63) is 23.8 Å². The van der Waals surface area contributed by atoms with Crippen LogP contribution in [0.25, 0.3) is 0 Å². The van der Waals surface area contributed by atoms with Crippen LogP contribution >= 0.6 is 0 Å². The third-order valence-corrected chi connectivity index (χ3v) is 11.7. The predicted octanol–water partition coefficient (Wildman–Crippen LogP) is 8.54. The number of carbonyl (C=O) groups is 1. The molecule has 0 aromatic carbocycles. The van der Waals surface area contributed by atoms with E-state index in [1.807, 2.05) is 0 Å². The lowest BCUT2D eigenvalue weighted by molar-refractivity contribution is -0.201.